The Hall–Kier alpha value is -1.34. The van der Waals surface area contributed by atoms with Crippen LogP contribution in [-0.2, 0) is 4.74 Å². The van der Waals surface area contributed by atoms with Gasteiger partial charge in [0.2, 0.25) is 0 Å². The van der Waals surface area contributed by atoms with Gasteiger partial charge in [-0.15, -0.1) is 0 Å². The minimum absolute atomic E-state index is 0.102. The Balaban J connectivity index is 2.64. The summed E-state index contributed by atoms with van der Waals surface area (Å²) in [5.74, 6) is 0.298. The summed E-state index contributed by atoms with van der Waals surface area (Å²) in [4.78, 5) is 3.92. The number of anilines is 1. The van der Waals surface area contributed by atoms with E-state index in [9.17, 15) is 13.2 Å². The molecule has 0 aromatic carbocycles. The van der Waals surface area contributed by atoms with E-state index in [1.807, 2.05) is 6.92 Å². The average molecular weight is 277 g/mol. The number of nitrogen functional groups attached to an aromatic ring is 1. The van der Waals surface area contributed by atoms with E-state index < -0.39 is 18.8 Å². The number of nitrogens with two attached hydrogens (primary N) is 1. The number of nitrogens with zero attached hydrogens (tertiary/aromatic N) is 1. The molecule has 19 heavy (non-hydrogen) atoms. The van der Waals surface area contributed by atoms with Gasteiger partial charge in [-0.2, -0.15) is 13.2 Å². The summed E-state index contributed by atoms with van der Waals surface area (Å²) in [5.41, 5.74) is 6.37. The molecule has 1 unspecified atom stereocenters. The van der Waals surface area contributed by atoms with E-state index in [-0.39, 0.29) is 6.61 Å². The van der Waals surface area contributed by atoms with Crippen molar-refractivity contribution in [2.24, 2.45) is 0 Å². The lowest BCUT2D eigenvalue weighted by atomic mass is 10.1. The van der Waals surface area contributed by atoms with Crippen LogP contribution in [0.1, 0.15) is 24.9 Å². The third kappa shape index (κ3) is 5.89. The predicted molar refractivity (Wildman–Crippen MR) is 66.6 cm³/mol. The van der Waals surface area contributed by atoms with Crippen molar-refractivity contribution in [3.63, 3.8) is 0 Å². The number of ether oxygens (including phenoxy) is 1. The molecule has 0 spiro atoms. The van der Waals surface area contributed by atoms with Gasteiger partial charge in [0.05, 0.1) is 12.6 Å². The normalized spacial score (nSPS) is 13.5. The molecule has 1 heterocycles. The first kappa shape index (κ1) is 15.7. The summed E-state index contributed by atoms with van der Waals surface area (Å²) in [5, 5.41) is 3.10. The van der Waals surface area contributed by atoms with Crippen LogP contribution in [0.2, 0.25) is 0 Å². The fourth-order valence-electron chi connectivity index (χ4n) is 1.59. The van der Waals surface area contributed by atoms with Crippen molar-refractivity contribution < 1.29 is 17.9 Å². The summed E-state index contributed by atoms with van der Waals surface area (Å²) in [6.07, 6.45) is -1.93. The molecule has 0 amide bonds. The van der Waals surface area contributed by atoms with Crippen molar-refractivity contribution in [2.75, 3.05) is 25.5 Å². The van der Waals surface area contributed by atoms with Gasteiger partial charge < -0.3 is 15.8 Å². The summed E-state index contributed by atoms with van der Waals surface area (Å²) < 4.78 is 40.9. The van der Waals surface area contributed by atoms with Crippen LogP contribution in [0.5, 0.6) is 0 Å². The zero-order valence-electron chi connectivity index (χ0n) is 10.7. The van der Waals surface area contributed by atoms with Gasteiger partial charge >= 0.3 is 6.18 Å². The Morgan fingerprint density at radius 3 is 2.79 bits per heavy atom. The van der Waals surface area contributed by atoms with E-state index >= 15 is 0 Å². The molecule has 4 nitrogen and oxygen atoms in total. The summed E-state index contributed by atoms with van der Waals surface area (Å²) >= 11 is 0. The third-order valence-electron chi connectivity index (χ3n) is 2.44. The molecule has 1 rings (SSSR count). The van der Waals surface area contributed by atoms with Crippen molar-refractivity contribution in [3.05, 3.63) is 23.9 Å². The van der Waals surface area contributed by atoms with Gasteiger partial charge in [-0.1, -0.05) is 13.0 Å². The molecule has 1 atom stereocenters. The van der Waals surface area contributed by atoms with Crippen LogP contribution in [-0.4, -0.2) is 30.9 Å². The molecule has 108 valence electrons. The maximum absolute atomic E-state index is 12.1. The van der Waals surface area contributed by atoms with Gasteiger partial charge in [-0.3, -0.25) is 0 Å². The Labute approximate surface area is 110 Å². The Morgan fingerprint density at radius 2 is 2.21 bits per heavy atom. The van der Waals surface area contributed by atoms with Crippen molar-refractivity contribution in [1.82, 2.24) is 10.3 Å². The van der Waals surface area contributed by atoms with Gasteiger partial charge in [0, 0.05) is 11.8 Å². The molecule has 0 saturated heterocycles. The number of hydrogen-bond donors (Lipinski definition) is 2. The highest BCUT2D eigenvalue weighted by Crippen LogP contribution is 2.20. The van der Waals surface area contributed by atoms with Crippen LogP contribution < -0.4 is 11.1 Å². The minimum Gasteiger partial charge on any atom is -0.383 e. The van der Waals surface area contributed by atoms with Gasteiger partial charge in [-0.25, -0.2) is 4.98 Å². The second-order valence-electron chi connectivity index (χ2n) is 4.11. The first-order valence-electron chi connectivity index (χ1n) is 6.02. The lowest BCUT2D eigenvalue weighted by molar-refractivity contribution is -0.175. The second kappa shape index (κ2) is 7.30. The lowest BCUT2D eigenvalue weighted by Crippen LogP contribution is -2.29. The molecule has 0 bridgehead atoms. The summed E-state index contributed by atoms with van der Waals surface area (Å²) in [6.45, 7) is 1.26. The van der Waals surface area contributed by atoms with E-state index in [0.717, 1.165) is 6.42 Å². The number of rotatable bonds is 7. The number of hydrogen-bond acceptors (Lipinski definition) is 4. The number of nitrogens with one attached hydrogen (secondary N) is 1. The minimum atomic E-state index is -4.32. The first-order chi connectivity index (χ1) is 8.94. The van der Waals surface area contributed by atoms with Crippen molar-refractivity contribution >= 4 is 5.82 Å². The molecule has 0 saturated carbocycles. The predicted octanol–water partition coefficient (Wildman–Crippen LogP) is 2.28. The quantitative estimate of drug-likeness (QED) is 0.802. The maximum atomic E-state index is 12.1. The second-order valence-corrected chi connectivity index (χ2v) is 4.11. The fraction of sp³-hybridized carbons (Fsp3) is 0.583. The summed E-state index contributed by atoms with van der Waals surface area (Å²) in [6, 6.07) is 3.03. The fourth-order valence-corrected chi connectivity index (χ4v) is 1.59. The Bertz CT molecular complexity index is 385. The van der Waals surface area contributed by atoms with E-state index in [2.05, 4.69) is 10.3 Å². The van der Waals surface area contributed by atoms with E-state index in [4.69, 9.17) is 10.5 Å². The molecule has 0 radical (unpaired) electrons. The van der Waals surface area contributed by atoms with Crippen LogP contribution in [0.15, 0.2) is 18.3 Å². The van der Waals surface area contributed by atoms with Crippen LogP contribution in [0.3, 0.4) is 0 Å². The molecular weight excluding hydrogens is 259 g/mol. The first-order valence-corrected chi connectivity index (χ1v) is 6.02. The van der Waals surface area contributed by atoms with Gasteiger partial charge in [0.15, 0.2) is 0 Å². The standard InChI is InChI=1S/C12H18F3N3O/c1-2-5-17-10(7-19-8-12(13,14)15)9-4-3-6-18-11(9)16/h3-4,6,10,17H,2,5,7-8H2,1H3,(H2,16,18). The van der Waals surface area contributed by atoms with Crippen molar-refractivity contribution in [3.8, 4) is 0 Å². The average Bonchev–Trinajstić information content (AvgIpc) is 2.33. The van der Waals surface area contributed by atoms with Gasteiger partial charge in [0.1, 0.15) is 12.4 Å². The highest BCUT2D eigenvalue weighted by molar-refractivity contribution is 5.40. The lowest BCUT2D eigenvalue weighted by Gasteiger charge is -2.20. The Morgan fingerprint density at radius 1 is 1.47 bits per heavy atom. The molecule has 1 aromatic heterocycles. The third-order valence-corrected chi connectivity index (χ3v) is 2.44. The maximum Gasteiger partial charge on any atom is 0.411 e. The Kier molecular flexibility index (Phi) is 6.04. The van der Waals surface area contributed by atoms with E-state index in [1.165, 1.54) is 6.20 Å². The van der Waals surface area contributed by atoms with Gasteiger partial charge in [-0.05, 0) is 19.0 Å². The number of pyridine rings is 1. The number of halogens is 3. The number of alkyl halides is 3. The topological polar surface area (TPSA) is 60.2 Å². The van der Waals surface area contributed by atoms with Crippen molar-refractivity contribution in [2.45, 2.75) is 25.6 Å². The highest BCUT2D eigenvalue weighted by atomic mass is 19.4. The van der Waals surface area contributed by atoms with E-state index in [0.29, 0.717) is 17.9 Å². The molecule has 0 aliphatic rings. The molecule has 0 aliphatic heterocycles. The molecule has 7 heteroatoms. The molecule has 1 aromatic rings. The number of aromatic nitrogens is 1. The van der Waals surface area contributed by atoms with E-state index in [1.54, 1.807) is 12.1 Å². The largest absolute Gasteiger partial charge is 0.411 e. The zero-order valence-corrected chi connectivity index (χ0v) is 10.7. The molecule has 0 aliphatic carbocycles. The van der Waals surface area contributed by atoms with Crippen LogP contribution in [0.25, 0.3) is 0 Å². The molecule has 0 fully saturated rings. The van der Waals surface area contributed by atoms with Crippen LogP contribution in [0.4, 0.5) is 19.0 Å². The highest BCUT2D eigenvalue weighted by Gasteiger charge is 2.28. The summed E-state index contributed by atoms with van der Waals surface area (Å²) in [7, 11) is 0. The zero-order chi connectivity index (χ0) is 14.3. The van der Waals surface area contributed by atoms with Crippen molar-refractivity contribution in [1.29, 1.82) is 0 Å². The SMILES string of the molecule is CCCNC(COCC(F)(F)F)c1cccnc1N. The molecule has 3 N–H and O–H groups in total. The van der Waals surface area contributed by atoms with Crippen LogP contribution >= 0.6 is 0 Å². The molecular formula is C12H18F3N3O. The monoisotopic (exact) mass is 277 g/mol. The van der Waals surface area contributed by atoms with Crippen LogP contribution in [0, 0.1) is 0 Å². The van der Waals surface area contributed by atoms with Gasteiger partial charge in [0.25, 0.3) is 0 Å². The smallest absolute Gasteiger partial charge is 0.383 e.